The molecule has 23 heavy (non-hydrogen) atoms. The fraction of sp³-hybridized carbons (Fsp3) is 0.333. The second kappa shape index (κ2) is 6.29. The predicted octanol–water partition coefficient (Wildman–Crippen LogP) is 3.37. The molecule has 0 amide bonds. The third-order valence-corrected chi connectivity index (χ3v) is 5.50. The summed E-state index contributed by atoms with van der Waals surface area (Å²) in [6.07, 6.45) is 1.59. The number of esters is 1. The first kappa shape index (κ1) is 15.9. The molecule has 1 aromatic carbocycles. The number of nitro benzene ring substituents is 1. The first-order valence-electron chi connectivity index (χ1n) is 7.13. The van der Waals surface area contributed by atoms with Crippen LogP contribution in [0, 0.1) is 10.1 Å². The number of carbonyl (C=O) groups is 1. The smallest absolute Gasteiger partial charge is 0.356 e. The van der Waals surface area contributed by atoms with Gasteiger partial charge in [-0.15, -0.1) is 11.8 Å². The second-order valence-electron chi connectivity index (χ2n) is 5.17. The number of thiocarbonyl (C=S) groups is 1. The molecular weight excluding hydrogens is 336 g/mol. The molecule has 2 aliphatic rings. The molecule has 0 spiro atoms. The van der Waals surface area contributed by atoms with Crippen LogP contribution in [0.4, 0.5) is 5.69 Å². The summed E-state index contributed by atoms with van der Waals surface area (Å²) in [6.45, 7) is 2.08. The standard InChI is InChI=1S/C15H14N2O4S2/c1-2-11-14(16-12(22)7-13(16)23-11)15(18)21-8-9-3-5-10(6-4-9)17(19)20/h3-6,13H,2,7-8H2,1H3/t13-/m0/s1. The first-order chi connectivity index (χ1) is 11.0. The molecule has 1 atom stereocenters. The Bertz CT molecular complexity index is 715. The largest absolute Gasteiger partial charge is 0.456 e. The van der Waals surface area contributed by atoms with Gasteiger partial charge in [0.25, 0.3) is 5.69 Å². The van der Waals surface area contributed by atoms with Crippen LogP contribution in [0.5, 0.6) is 0 Å². The van der Waals surface area contributed by atoms with Crippen LogP contribution in [0.2, 0.25) is 0 Å². The van der Waals surface area contributed by atoms with E-state index in [0.29, 0.717) is 11.3 Å². The zero-order valence-corrected chi connectivity index (χ0v) is 14.0. The summed E-state index contributed by atoms with van der Waals surface area (Å²) in [6, 6.07) is 5.96. The third-order valence-electron chi connectivity index (χ3n) is 3.72. The monoisotopic (exact) mass is 350 g/mol. The van der Waals surface area contributed by atoms with E-state index < -0.39 is 10.9 Å². The molecule has 2 aliphatic heterocycles. The first-order valence-corrected chi connectivity index (χ1v) is 8.42. The lowest BCUT2D eigenvalue weighted by molar-refractivity contribution is -0.384. The number of benzene rings is 1. The number of rotatable bonds is 5. The van der Waals surface area contributed by atoms with Crippen LogP contribution in [0.25, 0.3) is 0 Å². The number of hydrogen-bond acceptors (Lipinski definition) is 6. The fourth-order valence-electron chi connectivity index (χ4n) is 2.50. The van der Waals surface area contributed by atoms with Crippen LogP contribution in [0.1, 0.15) is 25.3 Å². The highest BCUT2D eigenvalue weighted by molar-refractivity contribution is 8.04. The van der Waals surface area contributed by atoms with Crippen molar-refractivity contribution in [2.75, 3.05) is 0 Å². The summed E-state index contributed by atoms with van der Waals surface area (Å²) in [5.41, 5.74) is 1.27. The van der Waals surface area contributed by atoms with Crippen LogP contribution < -0.4 is 0 Å². The van der Waals surface area contributed by atoms with E-state index in [1.54, 1.807) is 23.9 Å². The van der Waals surface area contributed by atoms with Crippen molar-refractivity contribution in [3.8, 4) is 0 Å². The zero-order valence-electron chi connectivity index (χ0n) is 12.4. The number of fused-ring (bicyclic) bond motifs is 1. The van der Waals surface area contributed by atoms with E-state index in [2.05, 4.69) is 0 Å². The molecule has 1 fully saturated rings. The molecule has 0 aliphatic carbocycles. The van der Waals surface area contributed by atoms with Gasteiger partial charge in [0.2, 0.25) is 0 Å². The Morgan fingerprint density at radius 1 is 1.48 bits per heavy atom. The lowest BCUT2D eigenvalue weighted by atomic mass is 10.1. The number of non-ortho nitro benzene ring substituents is 1. The van der Waals surface area contributed by atoms with E-state index in [1.807, 2.05) is 11.8 Å². The Kier molecular flexibility index (Phi) is 4.36. The van der Waals surface area contributed by atoms with Crippen molar-refractivity contribution >= 4 is 40.6 Å². The maximum absolute atomic E-state index is 12.4. The van der Waals surface area contributed by atoms with Gasteiger partial charge in [0.05, 0.1) is 15.3 Å². The molecule has 120 valence electrons. The van der Waals surface area contributed by atoms with Crippen molar-refractivity contribution in [2.24, 2.45) is 0 Å². The van der Waals surface area contributed by atoms with Crippen LogP contribution in [-0.2, 0) is 16.1 Å². The minimum absolute atomic E-state index is 0.0111. The Labute approximate surface area is 142 Å². The number of nitrogens with zero attached hydrogens (tertiary/aromatic N) is 2. The molecule has 0 saturated carbocycles. The maximum Gasteiger partial charge on any atom is 0.356 e. The van der Waals surface area contributed by atoms with Crippen molar-refractivity contribution in [3.05, 3.63) is 50.5 Å². The number of ether oxygens (including phenoxy) is 1. The van der Waals surface area contributed by atoms with E-state index in [0.717, 1.165) is 22.7 Å². The normalized spacial score (nSPS) is 19.4. The minimum Gasteiger partial charge on any atom is -0.456 e. The van der Waals surface area contributed by atoms with Crippen molar-refractivity contribution in [1.82, 2.24) is 4.90 Å². The van der Waals surface area contributed by atoms with Crippen molar-refractivity contribution < 1.29 is 14.5 Å². The van der Waals surface area contributed by atoms with Gasteiger partial charge in [-0.3, -0.25) is 10.1 Å². The molecule has 0 unspecified atom stereocenters. The van der Waals surface area contributed by atoms with E-state index in [9.17, 15) is 14.9 Å². The van der Waals surface area contributed by atoms with E-state index in [-0.39, 0.29) is 17.7 Å². The molecule has 1 aromatic rings. The minimum atomic E-state index is -0.463. The van der Waals surface area contributed by atoms with Gasteiger partial charge in [-0.1, -0.05) is 19.1 Å². The summed E-state index contributed by atoms with van der Waals surface area (Å²) in [5.74, 6) is -0.391. The second-order valence-corrected chi connectivity index (χ2v) is 6.91. The Morgan fingerprint density at radius 3 is 2.74 bits per heavy atom. The fourth-order valence-corrected chi connectivity index (χ4v) is 4.41. The molecule has 6 nitrogen and oxygen atoms in total. The van der Waals surface area contributed by atoms with Crippen molar-refractivity contribution in [1.29, 1.82) is 0 Å². The van der Waals surface area contributed by atoms with E-state index in [4.69, 9.17) is 17.0 Å². The molecule has 0 N–H and O–H groups in total. The summed E-state index contributed by atoms with van der Waals surface area (Å²) in [7, 11) is 0. The Morgan fingerprint density at radius 2 is 2.17 bits per heavy atom. The lowest BCUT2D eigenvalue weighted by Crippen LogP contribution is -2.47. The van der Waals surface area contributed by atoms with E-state index >= 15 is 0 Å². The molecular formula is C15H14N2O4S2. The number of thioether (sulfide) groups is 1. The zero-order chi connectivity index (χ0) is 16.6. The summed E-state index contributed by atoms with van der Waals surface area (Å²) in [4.78, 5) is 26.2. The SMILES string of the molecule is CCC1=C(C(=O)OCc2ccc([N+](=O)[O-])cc2)N2C(=S)C[C@@H]2S1. The van der Waals surface area contributed by atoms with Crippen LogP contribution in [-0.4, -0.2) is 26.2 Å². The van der Waals surface area contributed by atoms with Crippen LogP contribution in [0.3, 0.4) is 0 Å². The maximum atomic E-state index is 12.4. The van der Waals surface area contributed by atoms with Gasteiger partial charge >= 0.3 is 5.97 Å². The molecule has 0 radical (unpaired) electrons. The molecule has 0 bridgehead atoms. The van der Waals surface area contributed by atoms with Crippen LogP contribution in [0.15, 0.2) is 34.9 Å². The quantitative estimate of drug-likeness (QED) is 0.349. The van der Waals surface area contributed by atoms with Gasteiger partial charge in [-0.2, -0.15) is 0 Å². The van der Waals surface area contributed by atoms with Crippen molar-refractivity contribution in [3.63, 3.8) is 0 Å². The molecule has 3 rings (SSSR count). The summed E-state index contributed by atoms with van der Waals surface area (Å²) in [5, 5.41) is 10.9. The lowest BCUT2D eigenvalue weighted by Gasteiger charge is -2.37. The van der Waals surface area contributed by atoms with Gasteiger partial charge in [0.1, 0.15) is 12.3 Å². The van der Waals surface area contributed by atoms with Gasteiger partial charge in [0.15, 0.2) is 0 Å². The molecule has 0 aromatic heterocycles. The number of allylic oxidation sites excluding steroid dienone is 1. The number of nitro groups is 1. The highest BCUT2D eigenvalue weighted by atomic mass is 32.2. The predicted molar refractivity (Wildman–Crippen MR) is 90.6 cm³/mol. The number of hydrogen-bond donors (Lipinski definition) is 0. The van der Waals surface area contributed by atoms with Crippen molar-refractivity contribution in [2.45, 2.75) is 31.7 Å². The van der Waals surface area contributed by atoms with Gasteiger partial charge in [-0.05, 0) is 24.1 Å². The molecule has 8 heteroatoms. The Balaban J connectivity index is 1.67. The third kappa shape index (κ3) is 2.96. The molecule has 2 heterocycles. The average Bonchev–Trinajstić information content (AvgIpc) is 2.85. The van der Waals surface area contributed by atoms with Crippen LogP contribution >= 0.6 is 24.0 Å². The summed E-state index contributed by atoms with van der Waals surface area (Å²) < 4.78 is 5.36. The average molecular weight is 350 g/mol. The summed E-state index contributed by atoms with van der Waals surface area (Å²) >= 11 is 6.91. The topological polar surface area (TPSA) is 72.7 Å². The van der Waals surface area contributed by atoms with E-state index in [1.165, 1.54) is 12.1 Å². The van der Waals surface area contributed by atoms with Gasteiger partial charge < -0.3 is 9.64 Å². The highest BCUT2D eigenvalue weighted by Crippen LogP contribution is 2.48. The molecule has 1 saturated heterocycles. The highest BCUT2D eigenvalue weighted by Gasteiger charge is 2.45. The van der Waals surface area contributed by atoms with Gasteiger partial charge in [-0.25, -0.2) is 4.79 Å². The Hall–Kier alpha value is -1.93. The number of carbonyl (C=O) groups excluding carboxylic acids is 1. The van der Waals surface area contributed by atoms with Gasteiger partial charge in [0, 0.05) is 23.5 Å².